The fourth-order valence-electron chi connectivity index (χ4n) is 13.0. The van der Waals surface area contributed by atoms with Crippen LogP contribution in [0.5, 0.6) is 0 Å². The van der Waals surface area contributed by atoms with Crippen LogP contribution in [0.3, 0.4) is 0 Å². The van der Waals surface area contributed by atoms with Crippen LogP contribution in [0.1, 0.15) is 99.3 Å². The van der Waals surface area contributed by atoms with Gasteiger partial charge in [0.25, 0.3) is 0 Å². The number of ether oxygens (including phenoxy) is 4. The van der Waals surface area contributed by atoms with Gasteiger partial charge in [-0.3, -0.25) is 9.59 Å². The summed E-state index contributed by atoms with van der Waals surface area (Å²) >= 11 is 0. The largest absolute Gasteiger partial charge is 0.481 e. The van der Waals surface area contributed by atoms with E-state index in [-0.39, 0.29) is 29.3 Å². The maximum absolute atomic E-state index is 13.6. The van der Waals surface area contributed by atoms with E-state index in [1.165, 1.54) is 11.1 Å². The Labute approximate surface area is 322 Å². The standard InChI is InChI=1S/C41H62O14/c1-19-9-14-41(36(50)51)16-15-38(4)21(27(41)20(19)2)7-8-24-37(3)12-11-26(40(6,35(48)49)25(37)10-13-39(24,38)5)54-33-31(47)32(22(43)18-52-33)55-34-30(46)29(45)28(44)23(17-42)53-34/h7,19,22-26,28-34,42-47H,8-18H2,1-6H3,(H,48,49)(H,50,51)/t19-,22+,23-,24-,25-,26+,28-,29+,30-,31-,32+,33+,34+,37-,38-,39-,40-,41+/m1/s1. The van der Waals surface area contributed by atoms with E-state index in [0.717, 1.165) is 31.3 Å². The lowest BCUT2D eigenvalue weighted by Gasteiger charge is -2.70. The predicted octanol–water partition coefficient (Wildman–Crippen LogP) is 2.51. The van der Waals surface area contributed by atoms with E-state index in [1.54, 1.807) is 6.92 Å². The highest BCUT2D eigenvalue weighted by Gasteiger charge is 2.70. The Kier molecular flexibility index (Phi) is 10.6. The van der Waals surface area contributed by atoms with Crippen LogP contribution < -0.4 is 0 Å². The molecule has 8 N–H and O–H groups in total. The number of allylic oxidation sites excluding steroid dienone is 3. The summed E-state index contributed by atoms with van der Waals surface area (Å²) in [5.41, 5.74) is 0.227. The average molecular weight is 779 g/mol. The normalized spacial score (nSPS) is 52.6. The van der Waals surface area contributed by atoms with Gasteiger partial charge in [-0.25, -0.2) is 0 Å². The van der Waals surface area contributed by atoms with Crippen LogP contribution in [0.15, 0.2) is 22.8 Å². The van der Waals surface area contributed by atoms with Crippen LogP contribution >= 0.6 is 0 Å². The summed E-state index contributed by atoms with van der Waals surface area (Å²) < 4.78 is 23.4. The van der Waals surface area contributed by atoms with Crippen molar-refractivity contribution >= 4 is 11.9 Å². The summed E-state index contributed by atoms with van der Waals surface area (Å²) in [5.74, 6) is -1.63. The van der Waals surface area contributed by atoms with E-state index in [2.05, 4.69) is 40.7 Å². The van der Waals surface area contributed by atoms with Gasteiger partial charge in [0, 0.05) is 0 Å². The summed E-state index contributed by atoms with van der Waals surface area (Å²) in [5, 5.41) is 84.6. The smallest absolute Gasteiger partial charge is 0.314 e. The molecule has 7 rings (SSSR count). The third-order valence-corrected chi connectivity index (χ3v) is 16.7. The highest BCUT2D eigenvalue weighted by atomic mass is 16.7. The van der Waals surface area contributed by atoms with Gasteiger partial charge in [-0.15, -0.1) is 0 Å². The van der Waals surface area contributed by atoms with E-state index in [4.69, 9.17) is 18.9 Å². The Morgan fingerprint density at radius 2 is 1.53 bits per heavy atom. The lowest BCUT2D eigenvalue weighted by molar-refractivity contribution is -0.356. The minimum atomic E-state index is -1.77. The van der Waals surface area contributed by atoms with Crippen molar-refractivity contribution in [1.82, 2.24) is 0 Å². The molecule has 55 heavy (non-hydrogen) atoms. The van der Waals surface area contributed by atoms with Crippen molar-refractivity contribution in [2.24, 2.45) is 44.8 Å². The van der Waals surface area contributed by atoms with Crippen molar-refractivity contribution in [3.63, 3.8) is 0 Å². The average Bonchev–Trinajstić information content (AvgIpc) is 3.13. The molecule has 7 aliphatic rings. The Hall–Kier alpha value is -1.98. The predicted molar refractivity (Wildman–Crippen MR) is 194 cm³/mol. The number of aliphatic hydroxyl groups is 6. The second kappa shape index (κ2) is 14.1. The second-order valence-electron chi connectivity index (χ2n) is 18.9. The van der Waals surface area contributed by atoms with Gasteiger partial charge in [0.2, 0.25) is 0 Å². The maximum atomic E-state index is 13.6. The molecule has 0 amide bonds. The molecule has 5 aliphatic carbocycles. The van der Waals surface area contributed by atoms with Crippen molar-refractivity contribution in [1.29, 1.82) is 0 Å². The number of hydrogen-bond acceptors (Lipinski definition) is 12. The highest BCUT2D eigenvalue weighted by molar-refractivity contribution is 5.82. The molecule has 0 spiro atoms. The molecule has 5 fully saturated rings. The van der Waals surface area contributed by atoms with Crippen molar-refractivity contribution in [3.8, 4) is 0 Å². The number of aliphatic hydroxyl groups excluding tert-OH is 6. The number of carboxylic acid groups (broad SMARTS) is 2. The lowest BCUT2D eigenvalue weighted by Crippen LogP contribution is -2.67. The summed E-state index contributed by atoms with van der Waals surface area (Å²) in [4.78, 5) is 26.6. The first-order chi connectivity index (χ1) is 25.7. The first kappa shape index (κ1) is 41.2. The number of hydrogen-bond donors (Lipinski definition) is 8. The summed E-state index contributed by atoms with van der Waals surface area (Å²) in [6.07, 6.45) is -6.61. The molecular formula is C41H62O14. The zero-order valence-corrected chi connectivity index (χ0v) is 32.9. The van der Waals surface area contributed by atoms with Gasteiger partial charge >= 0.3 is 11.9 Å². The molecule has 310 valence electrons. The van der Waals surface area contributed by atoms with Crippen LogP contribution in [-0.4, -0.2) is 127 Å². The van der Waals surface area contributed by atoms with Crippen molar-refractivity contribution < 1.29 is 69.4 Å². The van der Waals surface area contributed by atoms with Crippen LogP contribution in [0, 0.1) is 44.8 Å². The van der Waals surface area contributed by atoms with Crippen molar-refractivity contribution in [3.05, 3.63) is 22.8 Å². The molecule has 14 nitrogen and oxygen atoms in total. The first-order valence-corrected chi connectivity index (χ1v) is 20.2. The Bertz CT molecular complexity index is 1600. The molecule has 2 aliphatic heterocycles. The van der Waals surface area contributed by atoms with Gasteiger partial charge in [-0.05, 0) is 117 Å². The molecule has 0 radical (unpaired) electrons. The number of carbonyl (C=O) groups is 2. The fourth-order valence-corrected chi connectivity index (χ4v) is 13.0. The topological polar surface area (TPSA) is 233 Å². The summed E-state index contributed by atoms with van der Waals surface area (Å²) in [6, 6.07) is 0. The first-order valence-electron chi connectivity index (χ1n) is 20.2. The minimum Gasteiger partial charge on any atom is -0.481 e. The SMILES string of the molecule is CC1=C2C3=CC[C@@H]4[C@@]5(C)CC[C@H](O[C@@H]6OC[C@H](O)[C@H](O[C@@H]7O[C@H](CO)[C@@H](O)[C@H](O)[C@H]7O)[C@H]6O)[C@](C)(C(=O)O)[C@@H]5CC[C@@]4(C)[C@]3(C)CC[C@@]2(C(=O)O)CC[C@H]1C. The quantitative estimate of drug-likeness (QED) is 0.174. The number of aliphatic carboxylic acids is 2. The molecule has 14 heteroatoms. The van der Waals surface area contributed by atoms with Gasteiger partial charge in [0.1, 0.15) is 42.7 Å². The molecule has 0 aromatic rings. The maximum Gasteiger partial charge on any atom is 0.314 e. The number of fused-ring (bicyclic) bond motifs is 7. The second-order valence-corrected chi connectivity index (χ2v) is 18.9. The zero-order valence-electron chi connectivity index (χ0n) is 32.9. The molecule has 0 bridgehead atoms. The Morgan fingerprint density at radius 3 is 2.18 bits per heavy atom. The van der Waals surface area contributed by atoms with Crippen LogP contribution in [0.4, 0.5) is 0 Å². The van der Waals surface area contributed by atoms with Crippen molar-refractivity contribution in [2.75, 3.05) is 13.2 Å². The summed E-state index contributed by atoms with van der Waals surface area (Å²) in [7, 11) is 0. The molecule has 2 saturated heterocycles. The van der Waals surface area contributed by atoms with E-state index < -0.39 is 96.2 Å². The zero-order chi connectivity index (χ0) is 40.2. The van der Waals surface area contributed by atoms with Gasteiger partial charge in [0.15, 0.2) is 12.6 Å². The van der Waals surface area contributed by atoms with Crippen LogP contribution in [-0.2, 0) is 28.5 Å². The minimum absolute atomic E-state index is 0.120. The van der Waals surface area contributed by atoms with Gasteiger partial charge in [-0.2, -0.15) is 0 Å². The van der Waals surface area contributed by atoms with Gasteiger partial charge < -0.3 is 59.8 Å². The third kappa shape index (κ3) is 5.78. The fraction of sp³-hybridized carbons (Fsp3) is 0.854. The monoisotopic (exact) mass is 778 g/mol. The van der Waals surface area contributed by atoms with Gasteiger partial charge in [-0.1, -0.05) is 39.3 Å². The molecule has 0 aromatic heterocycles. The molecule has 2 heterocycles. The third-order valence-electron chi connectivity index (χ3n) is 16.7. The molecule has 18 atom stereocenters. The van der Waals surface area contributed by atoms with Gasteiger partial charge in [0.05, 0.1) is 30.1 Å². The van der Waals surface area contributed by atoms with E-state index >= 15 is 0 Å². The molecular weight excluding hydrogens is 716 g/mol. The van der Waals surface area contributed by atoms with E-state index in [0.29, 0.717) is 38.0 Å². The Balaban J connectivity index is 1.15. The molecule has 0 aromatic carbocycles. The van der Waals surface area contributed by atoms with E-state index in [1.807, 2.05) is 0 Å². The number of rotatable bonds is 7. The van der Waals surface area contributed by atoms with E-state index in [9.17, 15) is 50.4 Å². The molecule has 3 saturated carbocycles. The number of carboxylic acids is 2. The Morgan fingerprint density at radius 1 is 0.818 bits per heavy atom. The molecule has 0 unspecified atom stereocenters. The summed E-state index contributed by atoms with van der Waals surface area (Å²) in [6.45, 7) is 11.9. The highest BCUT2D eigenvalue weighted by Crippen LogP contribution is 2.75. The lowest BCUT2D eigenvalue weighted by atomic mass is 9.34. The van der Waals surface area contributed by atoms with Crippen molar-refractivity contribution in [2.45, 2.75) is 161 Å². The van der Waals surface area contributed by atoms with Crippen LogP contribution in [0.25, 0.3) is 0 Å². The van der Waals surface area contributed by atoms with Crippen LogP contribution in [0.2, 0.25) is 0 Å².